The lowest BCUT2D eigenvalue weighted by molar-refractivity contribution is -0.119. The van der Waals surface area contributed by atoms with Crippen LogP contribution in [0.2, 0.25) is 0 Å². The van der Waals surface area contributed by atoms with E-state index in [0.717, 1.165) is 6.42 Å². The van der Waals surface area contributed by atoms with E-state index in [1.54, 1.807) is 0 Å². The van der Waals surface area contributed by atoms with E-state index in [0.29, 0.717) is 6.54 Å². The average molecular weight is 145 g/mol. The second kappa shape index (κ2) is 5.23. The zero-order valence-electron chi connectivity index (χ0n) is 6.55. The number of aliphatic hydroxyl groups is 1. The molecule has 3 heteroatoms. The van der Waals surface area contributed by atoms with E-state index < -0.39 is 0 Å². The molecule has 1 unspecified atom stereocenters. The minimum absolute atomic E-state index is 0.0353. The predicted molar refractivity (Wildman–Crippen MR) is 39.6 cm³/mol. The van der Waals surface area contributed by atoms with Crippen molar-refractivity contribution in [1.82, 2.24) is 5.32 Å². The maximum absolute atomic E-state index is 10.4. The van der Waals surface area contributed by atoms with Crippen molar-refractivity contribution in [3.63, 3.8) is 0 Å². The molecule has 0 rings (SSSR count). The van der Waals surface area contributed by atoms with Crippen LogP contribution in [0.25, 0.3) is 0 Å². The zero-order valence-corrected chi connectivity index (χ0v) is 6.55. The summed E-state index contributed by atoms with van der Waals surface area (Å²) in [6.07, 6.45) is 0.900. The lowest BCUT2D eigenvalue weighted by atomic mass is 10.1. The van der Waals surface area contributed by atoms with E-state index in [-0.39, 0.29) is 18.4 Å². The van der Waals surface area contributed by atoms with Gasteiger partial charge in [-0.2, -0.15) is 0 Å². The molecule has 0 aliphatic rings. The predicted octanol–water partition coefficient (Wildman–Crippen LogP) is 0.141. The smallest absolute Gasteiger partial charge is 0.216 e. The number of hydrogen-bond donors (Lipinski definition) is 2. The van der Waals surface area contributed by atoms with Crippen LogP contribution in [-0.2, 0) is 4.79 Å². The largest absolute Gasteiger partial charge is 0.396 e. The molecule has 60 valence electrons. The van der Waals surface area contributed by atoms with Gasteiger partial charge < -0.3 is 10.4 Å². The van der Waals surface area contributed by atoms with Crippen LogP contribution in [0, 0.1) is 5.92 Å². The lowest BCUT2D eigenvalue weighted by Crippen LogP contribution is -2.28. The molecule has 0 saturated carbocycles. The van der Waals surface area contributed by atoms with E-state index in [4.69, 9.17) is 5.11 Å². The van der Waals surface area contributed by atoms with Crippen LogP contribution < -0.4 is 5.32 Å². The van der Waals surface area contributed by atoms with Gasteiger partial charge >= 0.3 is 0 Å². The fraction of sp³-hybridized carbons (Fsp3) is 0.857. The summed E-state index contributed by atoms with van der Waals surface area (Å²) in [5.74, 6) is 0.177. The number of hydrogen-bond acceptors (Lipinski definition) is 2. The Labute approximate surface area is 61.4 Å². The molecule has 0 aliphatic carbocycles. The monoisotopic (exact) mass is 145 g/mol. The quantitative estimate of drug-likeness (QED) is 0.591. The first-order chi connectivity index (χ1) is 4.70. The van der Waals surface area contributed by atoms with Gasteiger partial charge in [-0.1, -0.05) is 6.92 Å². The summed E-state index contributed by atoms with van der Waals surface area (Å²) in [6.45, 7) is 4.20. The first-order valence-corrected chi connectivity index (χ1v) is 3.56. The Hall–Kier alpha value is -0.570. The van der Waals surface area contributed by atoms with Gasteiger partial charge in [-0.05, 0) is 12.3 Å². The van der Waals surface area contributed by atoms with Gasteiger partial charge in [0.15, 0.2) is 0 Å². The Morgan fingerprint density at radius 1 is 1.70 bits per heavy atom. The van der Waals surface area contributed by atoms with Crippen LogP contribution in [0.4, 0.5) is 0 Å². The minimum atomic E-state index is -0.0353. The van der Waals surface area contributed by atoms with Crippen molar-refractivity contribution in [2.24, 2.45) is 5.92 Å². The summed E-state index contributed by atoms with van der Waals surface area (Å²) in [5, 5.41) is 11.3. The molecule has 10 heavy (non-hydrogen) atoms. The van der Waals surface area contributed by atoms with Crippen LogP contribution in [0.15, 0.2) is 0 Å². The van der Waals surface area contributed by atoms with Crippen molar-refractivity contribution in [3.05, 3.63) is 0 Å². The van der Waals surface area contributed by atoms with Gasteiger partial charge in [0.05, 0.1) is 0 Å². The number of nitrogens with one attached hydrogen (secondary N) is 1. The van der Waals surface area contributed by atoms with Crippen LogP contribution in [0.5, 0.6) is 0 Å². The molecule has 0 radical (unpaired) electrons. The van der Waals surface area contributed by atoms with Gasteiger partial charge in [-0.15, -0.1) is 0 Å². The minimum Gasteiger partial charge on any atom is -0.396 e. The Balaban J connectivity index is 3.34. The van der Waals surface area contributed by atoms with E-state index in [1.807, 2.05) is 6.92 Å². The molecule has 0 fully saturated rings. The van der Waals surface area contributed by atoms with E-state index in [2.05, 4.69) is 5.32 Å². The Morgan fingerprint density at radius 2 is 2.30 bits per heavy atom. The van der Waals surface area contributed by atoms with Crippen molar-refractivity contribution < 1.29 is 9.90 Å². The van der Waals surface area contributed by atoms with Crippen LogP contribution >= 0.6 is 0 Å². The van der Waals surface area contributed by atoms with Gasteiger partial charge in [0.1, 0.15) is 0 Å². The highest BCUT2D eigenvalue weighted by molar-refractivity contribution is 5.72. The van der Waals surface area contributed by atoms with Gasteiger partial charge in [-0.25, -0.2) is 0 Å². The van der Waals surface area contributed by atoms with E-state index >= 15 is 0 Å². The molecule has 1 atom stereocenters. The number of carbonyl (C=O) groups is 1. The third kappa shape index (κ3) is 4.32. The van der Waals surface area contributed by atoms with Gasteiger partial charge in [-0.3, -0.25) is 4.79 Å². The fourth-order valence-electron chi connectivity index (χ4n) is 0.626. The highest BCUT2D eigenvalue weighted by atomic mass is 16.3. The molecule has 0 heterocycles. The zero-order chi connectivity index (χ0) is 7.98. The highest BCUT2D eigenvalue weighted by Gasteiger charge is 2.03. The van der Waals surface area contributed by atoms with Crippen molar-refractivity contribution in [3.8, 4) is 0 Å². The molecule has 2 N–H and O–H groups in total. The molecule has 3 nitrogen and oxygen atoms in total. The molecule has 0 aromatic heterocycles. The normalized spacial score (nSPS) is 12.7. The van der Waals surface area contributed by atoms with Crippen molar-refractivity contribution in [2.75, 3.05) is 13.2 Å². The summed E-state index contributed by atoms with van der Waals surface area (Å²) in [7, 11) is 0. The number of rotatable bonds is 4. The summed E-state index contributed by atoms with van der Waals surface area (Å²) in [6, 6.07) is 0. The Morgan fingerprint density at radius 3 is 2.60 bits per heavy atom. The molecule has 0 bridgehead atoms. The molecule has 1 amide bonds. The fourth-order valence-corrected chi connectivity index (χ4v) is 0.626. The Bertz CT molecular complexity index is 99.8. The van der Waals surface area contributed by atoms with Gasteiger partial charge in [0.2, 0.25) is 5.91 Å². The van der Waals surface area contributed by atoms with E-state index in [9.17, 15) is 4.79 Å². The van der Waals surface area contributed by atoms with Crippen molar-refractivity contribution in [1.29, 1.82) is 0 Å². The second-order valence-electron chi connectivity index (χ2n) is 2.39. The van der Waals surface area contributed by atoms with Crippen LogP contribution in [0.1, 0.15) is 20.3 Å². The highest BCUT2D eigenvalue weighted by Crippen LogP contribution is 1.97. The molecular weight excluding hydrogens is 130 g/mol. The van der Waals surface area contributed by atoms with Crippen LogP contribution in [-0.4, -0.2) is 24.2 Å². The third-order valence-corrected chi connectivity index (χ3v) is 1.48. The average Bonchev–Trinajstić information content (AvgIpc) is 1.90. The number of amides is 1. The molecule has 0 saturated heterocycles. The van der Waals surface area contributed by atoms with Gasteiger partial charge in [0.25, 0.3) is 0 Å². The maximum atomic E-state index is 10.4. The summed E-state index contributed by atoms with van der Waals surface area (Å²) in [5.41, 5.74) is 0. The maximum Gasteiger partial charge on any atom is 0.216 e. The van der Waals surface area contributed by atoms with Crippen molar-refractivity contribution >= 4 is 5.91 Å². The molecule has 0 aliphatic heterocycles. The van der Waals surface area contributed by atoms with Crippen LogP contribution in [0.3, 0.4) is 0 Å². The third-order valence-electron chi connectivity index (χ3n) is 1.48. The second-order valence-corrected chi connectivity index (χ2v) is 2.39. The van der Waals surface area contributed by atoms with Crippen molar-refractivity contribution in [2.45, 2.75) is 20.3 Å². The molecule has 0 aromatic carbocycles. The molecule has 0 aromatic rings. The first-order valence-electron chi connectivity index (χ1n) is 3.56. The summed E-state index contributed by atoms with van der Waals surface area (Å²) >= 11 is 0. The Kier molecular flexibility index (Phi) is 4.94. The lowest BCUT2D eigenvalue weighted by Gasteiger charge is -2.10. The summed E-state index contributed by atoms with van der Waals surface area (Å²) in [4.78, 5) is 10.4. The summed E-state index contributed by atoms with van der Waals surface area (Å²) < 4.78 is 0. The number of carbonyl (C=O) groups excluding carboxylic acids is 1. The standard InChI is InChI=1S/C7H15NO2/c1-3-7(5-9)4-8-6(2)10/h7,9H,3-5H2,1-2H3,(H,8,10). The molecule has 0 spiro atoms. The van der Waals surface area contributed by atoms with Gasteiger partial charge in [0, 0.05) is 20.1 Å². The SMILES string of the molecule is CCC(CO)CNC(C)=O. The topological polar surface area (TPSA) is 49.3 Å². The molecular formula is C7H15NO2. The van der Waals surface area contributed by atoms with E-state index in [1.165, 1.54) is 6.92 Å². The number of aliphatic hydroxyl groups excluding tert-OH is 1. The first kappa shape index (κ1) is 9.43.